The average molecular weight is 372 g/mol. The van der Waals surface area contributed by atoms with Gasteiger partial charge >= 0.3 is 0 Å². The molecule has 1 aliphatic heterocycles. The van der Waals surface area contributed by atoms with E-state index in [1.54, 1.807) is 12.4 Å². The molecule has 1 amide bonds. The van der Waals surface area contributed by atoms with E-state index in [9.17, 15) is 4.79 Å². The Morgan fingerprint density at radius 1 is 1.00 bits per heavy atom. The Morgan fingerprint density at radius 3 is 2.46 bits per heavy atom. The van der Waals surface area contributed by atoms with E-state index in [-0.39, 0.29) is 18.1 Å². The molecule has 28 heavy (non-hydrogen) atoms. The third-order valence-electron chi connectivity index (χ3n) is 4.64. The second-order valence-corrected chi connectivity index (χ2v) is 6.48. The lowest BCUT2D eigenvalue weighted by Crippen LogP contribution is -2.43. The van der Waals surface area contributed by atoms with Crippen LogP contribution in [-0.4, -0.2) is 21.0 Å². The summed E-state index contributed by atoms with van der Waals surface area (Å²) in [5.74, 6) is 1.42. The number of amides is 1. The molecular formula is C22H20N4O2. The van der Waals surface area contributed by atoms with Gasteiger partial charge in [-0.15, -0.1) is 0 Å². The van der Waals surface area contributed by atoms with Gasteiger partial charge in [0.05, 0.1) is 6.04 Å². The fraction of sp³-hybridized carbons (Fsp3) is 0.136. The highest BCUT2D eigenvalue weighted by Gasteiger charge is 2.28. The zero-order chi connectivity index (χ0) is 19.3. The second-order valence-electron chi connectivity index (χ2n) is 6.48. The van der Waals surface area contributed by atoms with Gasteiger partial charge in [-0.05, 0) is 48.9 Å². The van der Waals surface area contributed by atoms with Gasteiger partial charge in [-0.2, -0.15) is 10.2 Å². The molecule has 6 nitrogen and oxygen atoms in total. The third kappa shape index (κ3) is 3.86. The van der Waals surface area contributed by atoms with Crippen LogP contribution in [0.5, 0.6) is 11.5 Å². The summed E-state index contributed by atoms with van der Waals surface area (Å²) >= 11 is 0. The van der Waals surface area contributed by atoms with Gasteiger partial charge in [0, 0.05) is 18.5 Å². The first kappa shape index (κ1) is 17.7. The molecule has 1 unspecified atom stereocenters. The van der Waals surface area contributed by atoms with Crippen molar-refractivity contribution in [3.05, 3.63) is 96.5 Å². The van der Waals surface area contributed by atoms with Crippen molar-refractivity contribution in [2.45, 2.75) is 19.1 Å². The molecule has 1 aromatic heterocycles. The van der Waals surface area contributed by atoms with E-state index in [1.807, 2.05) is 66.7 Å². The Morgan fingerprint density at radius 2 is 1.75 bits per heavy atom. The minimum Gasteiger partial charge on any atom is -0.457 e. The minimum atomic E-state index is -0.374. The molecule has 2 heterocycles. The number of nitrogens with zero attached hydrogens (tertiary/aromatic N) is 3. The Hall–Kier alpha value is -3.67. The van der Waals surface area contributed by atoms with Crippen molar-refractivity contribution in [3.63, 3.8) is 0 Å². The zero-order valence-corrected chi connectivity index (χ0v) is 15.4. The van der Waals surface area contributed by atoms with Gasteiger partial charge in [-0.25, -0.2) is 0 Å². The Balaban J connectivity index is 1.54. The maximum Gasteiger partial charge on any atom is 0.247 e. The van der Waals surface area contributed by atoms with E-state index >= 15 is 0 Å². The van der Waals surface area contributed by atoms with E-state index in [1.165, 1.54) is 6.08 Å². The summed E-state index contributed by atoms with van der Waals surface area (Å²) in [7, 11) is 0. The van der Waals surface area contributed by atoms with Crippen molar-refractivity contribution in [3.8, 4) is 11.5 Å². The number of nitrogens with one attached hydrogen (secondary N) is 1. The number of rotatable bonds is 5. The van der Waals surface area contributed by atoms with E-state index in [0.717, 1.165) is 17.1 Å². The first-order chi connectivity index (χ1) is 13.7. The Bertz CT molecular complexity index is 959. The van der Waals surface area contributed by atoms with Crippen LogP contribution >= 0.6 is 0 Å². The molecular weight excluding hydrogens is 352 g/mol. The van der Waals surface area contributed by atoms with Crippen LogP contribution in [0, 0.1) is 0 Å². The van der Waals surface area contributed by atoms with Crippen LogP contribution in [0.25, 0.3) is 0 Å². The van der Waals surface area contributed by atoms with Crippen molar-refractivity contribution in [1.29, 1.82) is 0 Å². The van der Waals surface area contributed by atoms with Crippen LogP contribution in [0.2, 0.25) is 0 Å². The highest BCUT2D eigenvalue weighted by molar-refractivity contribution is 5.88. The summed E-state index contributed by atoms with van der Waals surface area (Å²) < 4.78 is 5.86. The third-order valence-corrected chi connectivity index (χ3v) is 4.64. The molecule has 0 bridgehead atoms. The molecule has 3 aromatic rings. The van der Waals surface area contributed by atoms with E-state index in [2.05, 4.69) is 27.3 Å². The SMILES string of the molecule is C[C@@H](c1ccc(Oc2ccccc2)cc1)N1C=CC(=O)NC1c1cccnn1. The fourth-order valence-corrected chi connectivity index (χ4v) is 3.15. The highest BCUT2D eigenvalue weighted by Crippen LogP contribution is 2.31. The molecule has 1 aliphatic rings. The van der Waals surface area contributed by atoms with E-state index in [4.69, 9.17) is 4.74 Å². The summed E-state index contributed by atoms with van der Waals surface area (Å²) in [6, 6.07) is 21.3. The summed E-state index contributed by atoms with van der Waals surface area (Å²) in [5, 5.41) is 11.0. The Kier molecular flexibility index (Phi) is 5.01. The van der Waals surface area contributed by atoms with Crippen molar-refractivity contribution >= 4 is 5.91 Å². The molecule has 4 rings (SSSR count). The van der Waals surface area contributed by atoms with Crippen LogP contribution in [0.1, 0.15) is 30.4 Å². The van der Waals surface area contributed by atoms with Gasteiger partial charge in [0.1, 0.15) is 23.4 Å². The number of benzene rings is 2. The molecule has 0 saturated carbocycles. The number of carbonyl (C=O) groups is 1. The van der Waals surface area contributed by atoms with Crippen molar-refractivity contribution in [2.24, 2.45) is 0 Å². The Labute approximate surface area is 163 Å². The largest absolute Gasteiger partial charge is 0.457 e. The van der Waals surface area contributed by atoms with Crippen LogP contribution in [0.4, 0.5) is 0 Å². The molecule has 1 N–H and O–H groups in total. The highest BCUT2D eigenvalue weighted by atomic mass is 16.5. The van der Waals surface area contributed by atoms with Gasteiger partial charge in [0.25, 0.3) is 0 Å². The standard InChI is InChI=1S/C22H20N4O2/c1-16(17-9-11-19(12-10-17)28-18-6-3-2-4-7-18)26-15-13-21(27)24-22(26)20-8-5-14-23-25-20/h2-16,22H,1H3,(H,24,27)/t16-,22?/m0/s1. The molecule has 0 saturated heterocycles. The number of aromatic nitrogens is 2. The molecule has 2 aromatic carbocycles. The van der Waals surface area contributed by atoms with Gasteiger partial charge in [-0.3, -0.25) is 4.79 Å². The second kappa shape index (κ2) is 7.92. The average Bonchev–Trinajstić information content (AvgIpc) is 2.75. The predicted octanol–water partition coefficient (Wildman–Crippen LogP) is 3.97. The van der Waals surface area contributed by atoms with Crippen LogP contribution in [-0.2, 0) is 4.79 Å². The molecule has 2 atom stereocenters. The molecule has 6 heteroatoms. The molecule has 0 spiro atoms. The minimum absolute atomic E-state index is 0.00892. The number of hydrogen-bond acceptors (Lipinski definition) is 5. The lowest BCUT2D eigenvalue weighted by atomic mass is 10.0. The number of carbonyl (C=O) groups excluding carboxylic acids is 1. The van der Waals surface area contributed by atoms with Crippen molar-refractivity contribution in [2.75, 3.05) is 0 Å². The van der Waals surface area contributed by atoms with Crippen molar-refractivity contribution in [1.82, 2.24) is 20.4 Å². The van der Waals surface area contributed by atoms with Gasteiger partial charge < -0.3 is 15.0 Å². The molecule has 0 fully saturated rings. The fourth-order valence-electron chi connectivity index (χ4n) is 3.15. The topological polar surface area (TPSA) is 67.3 Å². The summed E-state index contributed by atoms with van der Waals surface area (Å²) in [4.78, 5) is 13.9. The van der Waals surface area contributed by atoms with E-state index < -0.39 is 0 Å². The first-order valence-corrected chi connectivity index (χ1v) is 9.07. The van der Waals surface area contributed by atoms with Crippen LogP contribution in [0.15, 0.2) is 85.2 Å². The first-order valence-electron chi connectivity index (χ1n) is 9.07. The quantitative estimate of drug-likeness (QED) is 0.734. The van der Waals surface area contributed by atoms with E-state index in [0.29, 0.717) is 5.69 Å². The van der Waals surface area contributed by atoms with Gasteiger partial charge in [0.2, 0.25) is 5.91 Å². The number of hydrogen-bond donors (Lipinski definition) is 1. The summed E-state index contributed by atoms with van der Waals surface area (Å²) in [6.45, 7) is 2.08. The van der Waals surface area contributed by atoms with Crippen molar-refractivity contribution < 1.29 is 9.53 Å². The number of ether oxygens (including phenoxy) is 1. The maximum atomic E-state index is 11.9. The number of para-hydroxylation sites is 1. The normalized spacial score (nSPS) is 17.1. The predicted molar refractivity (Wildman–Crippen MR) is 105 cm³/mol. The smallest absolute Gasteiger partial charge is 0.247 e. The van der Waals surface area contributed by atoms with Crippen LogP contribution < -0.4 is 10.1 Å². The monoisotopic (exact) mass is 372 g/mol. The lowest BCUT2D eigenvalue weighted by Gasteiger charge is -2.37. The zero-order valence-electron chi connectivity index (χ0n) is 15.4. The van der Waals surface area contributed by atoms with Crippen LogP contribution in [0.3, 0.4) is 0 Å². The molecule has 0 aliphatic carbocycles. The molecule has 0 radical (unpaired) electrons. The van der Waals surface area contributed by atoms with Gasteiger partial charge in [0.15, 0.2) is 0 Å². The molecule has 140 valence electrons. The summed E-state index contributed by atoms with van der Waals surface area (Å²) in [6.07, 6.45) is 4.57. The lowest BCUT2D eigenvalue weighted by molar-refractivity contribution is -0.119. The maximum absolute atomic E-state index is 11.9. The van der Waals surface area contributed by atoms with Gasteiger partial charge in [-0.1, -0.05) is 30.3 Å². The summed E-state index contributed by atoms with van der Waals surface area (Å²) in [5.41, 5.74) is 1.78.